The number of aryl methyl sites for hydroxylation is 1. The summed E-state index contributed by atoms with van der Waals surface area (Å²) in [6, 6.07) is 2.92. The molecule has 0 spiro atoms. The van der Waals surface area contributed by atoms with E-state index in [1.54, 1.807) is 6.92 Å². The van der Waals surface area contributed by atoms with Crippen LogP contribution in [0.5, 0.6) is 11.6 Å². The highest BCUT2D eigenvalue weighted by Crippen LogP contribution is 2.37. The molecule has 1 heterocycles. The Hall–Kier alpha value is -2.22. The van der Waals surface area contributed by atoms with Crippen molar-refractivity contribution in [2.45, 2.75) is 19.6 Å². The molecule has 0 bridgehead atoms. The molecule has 1 aromatic heterocycles. The summed E-state index contributed by atoms with van der Waals surface area (Å²) in [4.78, 5) is 11.1. The molecule has 118 valence electrons. The second kappa shape index (κ2) is 5.88. The highest BCUT2D eigenvalue weighted by Gasteiger charge is 2.33. The van der Waals surface area contributed by atoms with Crippen LogP contribution in [0.25, 0.3) is 0 Å². The van der Waals surface area contributed by atoms with Crippen molar-refractivity contribution in [3.8, 4) is 11.6 Å². The predicted molar refractivity (Wildman–Crippen MR) is 71.4 cm³/mol. The number of halogens is 4. The van der Waals surface area contributed by atoms with Gasteiger partial charge in [0.15, 0.2) is 0 Å². The molecule has 2 aromatic rings. The Morgan fingerprint density at radius 1 is 1.45 bits per heavy atom. The quantitative estimate of drug-likeness (QED) is 0.915. The second-order valence-electron chi connectivity index (χ2n) is 4.25. The van der Waals surface area contributed by atoms with Crippen molar-refractivity contribution in [2.75, 3.05) is 0 Å². The van der Waals surface area contributed by atoms with Crippen LogP contribution in [0.15, 0.2) is 24.4 Å². The molecule has 0 saturated carbocycles. The minimum Gasteiger partial charge on any atom is -0.477 e. The van der Waals surface area contributed by atoms with Gasteiger partial charge in [0.05, 0.1) is 10.6 Å². The first-order valence-corrected chi connectivity index (χ1v) is 6.45. The number of aromatic nitrogens is 2. The number of benzene rings is 1. The average molecular weight is 335 g/mol. The van der Waals surface area contributed by atoms with E-state index in [9.17, 15) is 18.0 Å². The van der Waals surface area contributed by atoms with Crippen LogP contribution in [0.2, 0.25) is 5.02 Å². The summed E-state index contributed by atoms with van der Waals surface area (Å²) in [5.41, 5.74) is -1.32. The van der Waals surface area contributed by atoms with E-state index in [1.165, 1.54) is 16.9 Å². The van der Waals surface area contributed by atoms with Crippen molar-refractivity contribution in [2.24, 2.45) is 0 Å². The first-order valence-electron chi connectivity index (χ1n) is 6.07. The number of aromatic carboxylic acids is 1. The number of nitrogens with zero attached hydrogens (tertiary/aromatic N) is 2. The molecule has 0 fully saturated rings. The third kappa shape index (κ3) is 3.33. The van der Waals surface area contributed by atoms with Crippen molar-refractivity contribution in [1.29, 1.82) is 0 Å². The lowest BCUT2D eigenvalue weighted by atomic mass is 10.2. The lowest BCUT2D eigenvalue weighted by Gasteiger charge is -2.11. The van der Waals surface area contributed by atoms with Gasteiger partial charge in [-0.2, -0.15) is 13.2 Å². The molecule has 0 amide bonds. The highest BCUT2D eigenvalue weighted by atomic mass is 35.5. The maximum atomic E-state index is 12.8. The zero-order valence-electron chi connectivity index (χ0n) is 11.2. The molecular weight excluding hydrogens is 325 g/mol. The zero-order valence-corrected chi connectivity index (χ0v) is 11.9. The van der Waals surface area contributed by atoms with E-state index in [0.29, 0.717) is 12.6 Å². The number of rotatable bonds is 4. The van der Waals surface area contributed by atoms with Gasteiger partial charge >= 0.3 is 12.1 Å². The zero-order chi connectivity index (χ0) is 16.5. The lowest BCUT2D eigenvalue weighted by molar-refractivity contribution is -0.137. The van der Waals surface area contributed by atoms with Crippen molar-refractivity contribution in [1.82, 2.24) is 9.78 Å². The largest absolute Gasteiger partial charge is 0.477 e. The molecule has 0 saturated heterocycles. The molecule has 0 radical (unpaired) electrons. The SMILES string of the molecule is CCn1cc(C(=O)O)c(Oc2ccc(Cl)c(C(F)(F)F)c2)n1. The fraction of sp³-hybridized carbons (Fsp3) is 0.231. The molecule has 1 aromatic carbocycles. The molecule has 0 aliphatic rings. The smallest absolute Gasteiger partial charge is 0.417 e. The van der Waals surface area contributed by atoms with E-state index < -0.39 is 22.7 Å². The number of carboxylic acid groups (broad SMARTS) is 1. The number of carbonyl (C=O) groups is 1. The van der Waals surface area contributed by atoms with Gasteiger partial charge in [0.1, 0.15) is 11.3 Å². The lowest BCUT2D eigenvalue weighted by Crippen LogP contribution is -2.06. The molecule has 0 aliphatic carbocycles. The van der Waals surface area contributed by atoms with Gasteiger partial charge in [-0.15, -0.1) is 5.10 Å². The molecule has 0 unspecified atom stereocenters. The van der Waals surface area contributed by atoms with Crippen molar-refractivity contribution in [3.05, 3.63) is 40.5 Å². The summed E-state index contributed by atoms with van der Waals surface area (Å²) in [5, 5.41) is 12.4. The van der Waals surface area contributed by atoms with Crippen LogP contribution < -0.4 is 4.74 Å². The molecule has 5 nitrogen and oxygen atoms in total. The number of hydrogen-bond donors (Lipinski definition) is 1. The minimum atomic E-state index is -4.64. The van der Waals surface area contributed by atoms with Crippen LogP contribution in [0, 0.1) is 0 Å². The number of alkyl halides is 3. The summed E-state index contributed by atoms with van der Waals surface area (Å²) in [6.07, 6.45) is -3.41. The first-order chi connectivity index (χ1) is 10.2. The second-order valence-corrected chi connectivity index (χ2v) is 4.66. The van der Waals surface area contributed by atoms with E-state index in [1.807, 2.05) is 0 Å². The van der Waals surface area contributed by atoms with Gasteiger partial charge in [0.2, 0.25) is 0 Å². The number of ether oxygens (including phenoxy) is 1. The first kappa shape index (κ1) is 16.2. The Balaban J connectivity index is 2.39. The highest BCUT2D eigenvalue weighted by molar-refractivity contribution is 6.31. The normalized spacial score (nSPS) is 11.5. The fourth-order valence-electron chi connectivity index (χ4n) is 1.68. The van der Waals surface area contributed by atoms with Gasteiger partial charge in [-0.05, 0) is 25.1 Å². The summed E-state index contributed by atoms with van der Waals surface area (Å²) >= 11 is 5.50. The van der Waals surface area contributed by atoms with Crippen LogP contribution in [-0.4, -0.2) is 20.9 Å². The molecule has 2 rings (SSSR count). The summed E-state index contributed by atoms with van der Waals surface area (Å²) in [5.74, 6) is -1.79. The van der Waals surface area contributed by atoms with Crippen LogP contribution in [0.3, 0.4) is 0 Å². The van der Waals surface area contributed by atoms with Crippen LogP contribution in [0.4, 0.5) is 13.2 Å². The summed E-state index contributed by atoms with van der Waals surface area (Å²) in [7, 11) is 0. The van der Waals surface area contributed by atoms with Gasteiger partial charge in [0, 0.05) is 12.7 Å². The maximum Gasteiger partial charge on any atom is 0.417 e. The fourth-order valence-corrected chi connectivity index (χ4v) is 1.91. The molecule has 22 heavy (non-hydrogen) atoms. The average Bonchev–Trinajstić information content (AvgIpc) is 2.83. The third-order valence-electron chi connectivity index (χ3n) is 2.74. The standard InChI is InChI=1S/C13H10ClF3N2O3/c1-2-19-6-8(12(20)21)11(18-19)22-7-3-4-10(14)9(5-7)13(15,16)17/h3-6H,2H2,1H3,(H,20,21). The number of carboxylic acids is 1. The Morgan fingerprint density at radius 3 is 2.68 bits per heavy atom. The van der Waals surface area contributed by atoms with Gasteiger partial charge in [-0.1, -0.05) is 11.6 Å². The molecule has 1 N–H and O–H groups in total. The van der Waals surface area contributed by atoms with Gasteiger partial charge in [-0.25, -0.2) is 4.79 Å². The molecular formula is C13H10ClF3N2O3. The van der Waals surface area contributed by atoms with Gasteiger partial charge in [0.25, 0.3) is 5.88 Å². The van der Waals surface area contributed by atoms with E-state index >= 15 is 0 Å². The van der Waals surface area contributed by atoms with E-state index in [2.05, 4.69) is 5.10 Å². The maximum absolute atomic E-state index is 12.8. The van der Waals surface area contributed by atoms with Crippen LogP contribution >= 0.6 is 11.6 Å². The predicted octanol–water partition coefficient (Wildman–Crippen LogP) is 4.07. The van der Waals surface area contributed by atoms with E-state index in [4.69, 9.17) is 21.4 Å². The number of hydrogen-bond acceptors (Lipinski definition) is 3. The summed E-state index contributed by atoms with van der Waals surface area (Å²) < 4.78 is 44.8. The molecule has 0 aliphatic heterocycles. The Bertz CT molecular complexity index is 713. The van der Waals surface area contributed by atoms with Gasteiger partial charge in [-0.3, -0.25) is 4.68 Å². The topological polar surface area (TPSA) is 64.4 Å². The Labute approximate surface area is 127 Å². The van der Waals surface area contributed by atoms with Crippen LogP contribution in [-0.2, 0) is 12.7 Å². The third-order valence-corrected chi connectivity index (χ3v) is 3.07. The monoisotopic (exact) mass is 334 g/mol. The Morgan fingerprint density at radius 2 is 2.14 bits per heavy atom. The van der Waals surface area contributed by atoms with E-state index in [-0.39, 0.29) is 17.2 Å². The van der Waals surface area contributed by atoms with Crippen molar-refractivity contribution in [3.63, 3.8) is 0 Å². The van der Waals surface area contributed by atoms with E-state index in [0.717, 1.165) is 6.07 Å². The summed E-state index contributed by atoms with van der Waals surface area (Å²) in [6.45, 7) is 2.12. The van der Waals surface area contributed by atoms with Crippen LogP contribution in [0.1, 0.15) is 22.8 Å². The molecule has 0 atom stereocenters. The Kier molecular flexibility index (Phi) is 4.32. The van der Waals surface area contributed by atoms with Gasteiger partial charge < -0.3 is 9.84 Å². The minimum absolute atomic E-state index is 0.208. The van der Waals surface area contributed by atoms with Crippen molar-refractivity contribution < 1.29 is 27.8 Å². The molecule has 9 heteroatoms. The van der Waals surface area contributed by atoms with Crippen molar-refractivity contribution >= 4 is 17.6 Å².